The first-order chi connectivity index (χ1) is 14.6. The van der Waals surface area contributed by atoms with Crippen LogP contribution in [0.1, 0.15) is 16.2 Å². The van der Waals surface area contributed by atoms with Crippen molar-refractivity contribution in [3.63, 3.8) is 0 Å². The van der Waals surface area contributed by atoms with Crippen LogP contribution < -0.4 is 15.5 Å². The third-order valence-corrected chi connectivity index (χ3v) is 4.83. The van der Waals surface area contributed by atoms with Gasteiger partial charge < -0.3 is 15.5 Å². The van der Waals surface area contributed by atoms with Crippen molar-refractivity contribution in [1.29, 1.82) is 0 Å². The number of aromatic amines is 1. The minimum absolute atomic E-state index is 0.0712. The molecule has 1 saturated heterocycles. The van der Waals surface area contributed by atoms with E-state index in [1.807, 2.05) is 11.0 Å². The molecule has 11 heteroatoms. The van der Waals surface area contributed by atoms with E-state index in [9.17, 15) is 9.18 Å². The zero-order valence-corrected chi connectivity index (χ0v) is 16.5. The highest BCUT2D eigenvalue weighted by molar-refractivity contribution is 5.92. The molecule has 1 amide bonds. The van der Waals surface area contributed by atoms with E-state index < -0.39 is 11.9 Å². The summed E-state index contributed by atoms with van der Waals surface area (Å²) in [5.74, 6) is 0.107. The number of nitrogens with one attached hydrogen (secondary N) is 3. The number of carbonyl (C=O) groups excluding carboxylic acids is 1. The molecule has 30 heavy (non-hydrogen) atoms. The zero-order valence-electron chi connectivity index (χ0n) is 16.5. The SMILES string of the molecule is CNC(=O)c1ccc(N2CCN(Cc3cc(Nc4ncccn4)n[nH]3)CC2)c(F)n1. The average molecular weight is 411 g/mol. The number of aromatic nitrogens is 5. The maximum Gasteiger partial charge on any atom is 0.269 e. The summed E-state index contributed by atoms with van der Waals surface area (Å²) in [6.07, 6.45) is 3.32. The minimum Gasteiger partial charge on any atom is -0.365 e. The number of H-pyrrole nitrogens is 1. The van der Waals surface area contributed by atoms with E-state index in [0.717, 1.165) is 18.8 Å². The largest absolute Gasteiger partial charge is 0.365 e. The third-order valence-electron chi connectivity index (χ3n) is 4.83. The number of hydrogen-bond donors (Lipinski definition) is 3. The van der Waals surface area contributed by atoms with Gasteiger partial charge in [-0.3, -0.25) is 14.8 Å². The molecule has 0 radical (unpaired) electrons. The summed E-state index contributed by atoms with van der Waals surface area (Å²) in [7, 11) is 1.49. The number of carbonyl (C=O) groups is 1. The van der Waals surface area contributed by atoms with Crippen molar-refractivity contribution < 1.29 is 9.18 Å². The molecule has 0 spiro atoms. The molecule has 4 rings (SSSR count). The molecule has 0 unspecified atom stereocenters. The van der Waals surface area contributed by atoms with Crippen LogP contribution in [-0.2, 0) is 6.54 Å². The number of nitrogens with zero attached hydrogens (tertiary/aromatic N) is 6. The van der Waals surface area contributed by atoms with Crippen LogP contribution in [0.3, 0.4) is 0 Å². The molecule has 10 nitrogen and oxygen atoms in total. The van der Waals surface area contributed by atoms with Crippen molar-refractivity contribution in [2.75, 3.05) is 43.4 Å². The fraction of sp³-hybridized carbons (Fsp3) is 0.316. The molecule has 3 N–H and O–H groups in total. The van der Waals surface area contributed by atoms with Gasteiger partial charge >= 0.3 is 0 Å². The topological polar surface area (TPSA) is 115 Å². The molecule has 1 aliphatic rings. The van der Waals surface area contributed by atoms with Crippen LogP contribution in [0.5, 0.6) is 0 Å². The molecule has 3 aromatic rings. The Morgan fingerprint density at radius 1 is 1.20 bits per heavy atom. The van der Waals surface area contributed by atoms with Crippen LogP contribution in [0.2, 0.25) is 0 Å². The second-order valence-electron chi connectivity index (χ2n) is 6.82. The van der Waals surface area contributed by atoms with E-state index in [0.29, 0.717) is 37.1 Å². The van der Waals surface area contributed by atoms with Crippen LogP contribution in [0.15, 0.2) is 36.7 Å². The lowest BCUT2D eigenvalue weighted by molar-refractivity contribution is 0.0957. The third kappa shape index (κ3) is 4.51. The highest BCUT2D eigenvalue weighted by Gasteiger charge is 2.21. The normalized spacial score (nSPS) is 14.5. The molecule has 0 atom stereocenters. The van der Waals surface area contributed by atoms with Gasteiger partial charge in [-0.05, 0) is 18.2 Å². The smallest absolute Gasteiger partial charge is 0.269 e. The summed E-state index contributed by atoms with van der Waals surface area (Å²) in [6, 6.07) is 6.82. The van der Waals surface area contributed by atoms with E-state index in [4.69, 9.17) is 0 Å². The molecule has 156 valence electrons. The fourth-order valence-corrected chi connectivity index (χ4v) is 3.29. The highest BCUT2D eigenvalue weighted by Crippen LogP contribution is 2.21. The Balaban J connectivity index is 1.31. The summed E-state index contributed by atoms with van der Waals surface area (Å²) >= 11 is 0. The molecule has 1 fully saturated rings. The van der Waals surface area contributed by atoms with Gasteiger partial charge in [0.1, 0.15) is 5.69 Å². The Hall–Kier alpha value is -3.60. The van der Waals surface area contributed by atoms with Crippen LogP contribution >= 0.6 is 0 Å². The summed E-state index contributed by atoms with van der Waals surface area (Å²) < 4.78 is 14.4. The molecule has 1 aliphatic heterocycles. The van der Waals surface area contributed by atoms with E-state index in [2.05, 4.69) is 40.7 Å². The first-order valence-corrected chi connectivity index (χ1v) is 9.56. The second kappa shape index (κ2) is 8.82. The molecule has 4 heterocycles. The number of amides is 1. The van der Waals surface area contributed by atoms with Crippen LogP contribution in [0, 0.1) is 5.95 Å². The van der Waals surface area contributed by atoms with Gasteiger partial charge in [0.2, 0.25) is 11.9 Å². The van der Waals surface area contributed by atoms with Gasteiger partial charge in [-0.15, -0.1) is 0 Å². The number of anilines is 3. The van der Waals surface area contributed by atoms with Gasteiger partial charge in [-0.1, -0.05) is 0 Å². The van der Waals surface area contributed by atoms with Gasteiger partial charge in [0.25, 0.3) is 5.91 Å². The van der Waals surface area contributed by atoms with Crippen LogP contribution in [0.25, 0.3) is 0 Å². The molecule has 3 aromatic heterocycles. The predicted molar refractivity (Wildman–Crippen MR) is 109 cm³/mol. The van der Waals surface area contributed by atoms with E-state index in [-0.39, 0.29) is 5.69 Å². The Morgan fingerprint density at radius 2 is 1.97 bits per heavy atom. The number of pyridine rings is 1. The van der Waals surface area contributed by atoms with E-state index in [1.165, 1.54) is 7.05 Å². The van der Waals surface area contributed by atoms with E-state index >= 15 is 0 Å². The van der Waals surface area contributed by atoms with Gasteiger partial charge in [0, 0.05) is 58.2 Å². The molecule has 0 aromatic carbocycles. The number of hydrogen-bond acceptors (Lipinski definition) is 8. The van der Waals surface area contributed by atoms with Gasteiger partial charge in [0.15, 0.2) is 5.82 Å². The van der Waals surface area contributed by atoms with Crippen molar-refractivity contribution in [2.24, 2.45) is 0 Å². The van der Waals surface area contributed by atoms with Gasteiger partial charge in [-0.25, -0.2) is 15.0 Å². The summed E-state index contributed by atoms with van der Waals surface area (Å²) in [6.45, 7) is 3.55. The maximum atomic E-state index is 14.4. The number of piperazine rings is 1. The first kappa shape index (κ1) is 19.7. The molecule has 0 bridgehead atoms. The molecule has 0 aliphatic carbocycles. The number of halogens is 1. The lowest BCUT2D eigenvalue weighted by atomic mass is 10.2. The first-order valence-electron chi connectivity index (χ1n) is 9.56. The summed E-state index contributed by atoms with van der Waals surface area (Å²) in [4.78, 5) is 27.8. The van der Waals surface area contributed by atoms with Crippen molar-refractivity contribution in [3.05, 3.63) is 54.0 Å². The average Bonchev–Trinajstić information content (AvgIpc) is 3.21. The second-order valence-corrected chi connectivity index (χ2v) is 6.82. The molecular weight excluding hydrogens is 389 g/mol. The Kier molecular flexibility index (Phi) is 5.80. The highest BCUT2D eigenvalue weighted by atomic mass is 19.1. The van der Waals surface area contributed by atoms with Crippen molar-refractivity contribution in [3.8, 4) is 0 Å². The summed E-state index contributed by atoms with van der Waals surface area (Å²) in [5.41, 5.74) is 1.45. The van der Waals surface area contributed by atoms with Gasteiger partial charge in [0.05, 0.1) is 11.4 Å². The lowest BCUT2D eigenvalue weighted by Gasteiger charge is -2.35. The van der Waals surface area contributed by atoms with Crippen molar-refractivity contribution in [1.82, 2.24) is 35.4 Å². The van der Waals surface area contributed by atoms with Crippen molar-refractivity contribution in [2.45, 2.75) is 6.54 Å². The standard InChI is InChI=1S/C19H22FN9O/c1-21-18(30)14-3-4-15(17(20)24-14)29-9-7-28(8-10-29)12-13-11-16(27-26-13)25-19-22-5-2-6-23-19/h2-6,11H,7-10,12H2,1H3,(H,21,30)(H2,22,23,25,26,27). The van der Waals surface area contributed by atoms with Gasteiger partial charge in [-0.2, -0.15) is 9.49 Å². The summed E-state index contributed by atoms with van der Waals surface area (Å²) in [5, 5.41) is 12.7. The van der Waals surface area contributed by atoms with Crippen LogP contribution in [0.4, 0.5) is 21.8 Å². The Morgan fingerprint density at radius 3 is 2.67 bits per heavy atom. The minimum atomic E-state index is -0.628. The quantitative estimate of drug-likeness (QED) is 0.518. The Bertz CT molecular complexity index is 1000. The predicted octanol–water partition coefficient (Wildman–Crippen LogP) is 1.16. The molecule has 0 saturated carbocycles. The van der Waals surface area contributed by atoms with Crippen LogP contribution in [-0.4, -0.2) is 69.2 Å². The lowest BCUT2D eigenvalue weighted by Crippen LogP contribution is -2.46. The maximum absolute atomic E-state index is 14.4. The zero-order chi connectivity index (χ0) is 20.9. The fourth-order valence-electron chi connectivity index (χ4n) is 3.29. The molecular formula is C19H22FN9O. The Labute approximate surface area is 172 Å². The number of rotatable bonds is 6. The van der Waals surface area contributed by atoms with Crippen molar-refractivity contribution >= 4 is 23.4 Å². The van der Waals surface area contributed by atoms with E-state index in [1.54, 1.807) is 30.6 Å². The monoisotopic (exact) mass is 411 g/mol.